The lowest BCUT2D eigenvalue weighted by atomic mass is 10.1. The molecule has 4 heteroatoms. The highest BCUT2D eigenvalue weighted by Crippen LogP contribution is 2.19. The largest absolute Gasteiger partial charge is 0.350 e. The third-order valence-corrected chi connectivity index (χ3v) is 2.90. The summed E-state index contributed by atoms with van der Waals surface area (Å²) in [6, 6.07) is 5.29. The Hall–Kier alpha value is -0.670. The minimum absolute atomic E-state index is 0.137. The number of hydrogen-bond donors (Lipinski definition) is 2. The molecule has 0 aliphatic rings. The standard InChI is InChI=1S/C12H16ClNOS/c1-3-4-8(2)14-12(15)10-7-9(16)5-6-11(10)13/h5-8,16H,3-4H2,1-2H3,(H,14,15). The number of benzene rings is 1. The lowest BCUT2D eigenvalue weighted by molar-refractivity contribution is 0.0938. The van der Waals surface area contributed by atoms with E-state index in [-0.39, 0.29) is 11.9 Å². The molecule has 0 aliphatic heterocycles. The minimum atomic E-state index is -0.137. The predicted octanol–water partition coefficient (Wildman–Crippen LogP) is 3.55. The molecule has 1 atom stereocenters. The van der Waals surface area contributed by atoms with Crippen LogP contribution in [0.4, 0.5) is 0 Å². The summed E-state index contributed by atoms with van der Waals surface area (Å²) in [7, 11) is 0. The first kappa shape index (κ1) is 13.4. The van der Waals surface area contributed by atoms with Crippen molar-refractivity contribution in [3.63, 3.8) is 0 Å². The SMILES string of the molecule is CCCC(C)NC(=O)c1cc(S)ccc1Cl. The molecule has 0 fully saturated rings. The lowest BCUT2D eigenvalue weighted by Crippen LogP contribution is -2.32. The quantitative estimate of drug-likeness (QED) is 0.794. The Balaban J connectivity index is 2.76. The van der Waals surface area contributed by atoms with Crippen molar-refractivity contribution in [1.29, 1.82) is 0 Å². The number of rotatable bonds is 4. The third-order valence-electron chi connectivity index (χ3n) is 2.29. The van der Waals surface area contributed by atoms with E-state index in [1.54, 1.807) is 18.2 Å². The van der Waals surface area contributed by atoms with E-state index >= 15 is 0 Å². The second-order valence-electron chi connectivity index (χ2n) is 3.83. The van der Waals surface area contributed by atoms with Crippen LogP contribution in [0.1, 0.15) is 37.0 Å². The minimum Gasteiger partial charge on any atom is -0.350 e. The van der Waals surface area contributed by atoms with Crippen LogP contribution < -0.4 is 5.32 Å². The van der Waals surface area contributed by atoms with Crippen molar-refractivity contribution >= 4 is 30.1 Å². The highest BCUT2D eigenvalue weighted by molar-refractivity contribution is 7.80. The van der Waals surface area contributed by atoms with E-state index in [1.165, 1.54) is 0 Å². The van der Waals surface area contributed by atoms with E-state index in [4.69, 9.17) is 11.6 Å². The summed E-state index contributed by atoms with van der Waals surface area (Å²) in [6.07, 6.45) is 2.01. The fraction of sp³-hybridized carbons (Fsp3) is 0.417. The van der Waals surface area contributed by atoms with Crippen molar-refractivity contribution in [1.82, 2.24) is 5.32 Å². The van der Waals surface area contributed by atoms with Gasteiger partial charge in [-0.25, -0.2) is 0 Å². The molecule has 2 nitrogen and oxygen atoms in total. The zero-order valence-corrected chi connectivity index (χ0v) is 11.1. The molecule has 16 heavy (non-hydrogen) atoms. The van der Waals surface area contributed by atoms with Crippen LogP contribution in [-0.4, -0.2) is 11.9 Å². The molecule has 0 saturated heterocycles. The normalized spacial score (nSPS) is 12.2. The molecule has 0 saturated carbocycles. The molecule has 88 valence electrons. The highest BCUT2D eigenvalue weighted by atomic mass is 35.5. The van der Waals surface area contributed by atoms with Crippen LogP contribution in [0.3, 0.4) is 0 Å². The first-order valence-electron chi connectivity index (χ1n) is 5.34. The van der Waals surface area contributed by atoms with Gasteiger partial charge >= 0.3 is 0 Å². The van der Waals surface area contributed by atoms with E-state index in [2.05, 4.69) is 24.9 Å². The molecule has 1 aromatic rings. The summed E-state index contributed by atoms with van der Waals surface area (Å²) >= 11 is 10.1. The monoisotopic (exact) mass is 257 g/mol. The van der Waals surface area contributed by atoms with E-state index in [0.29, 0.717) is 10.6 Å². The van der Waals surface area contributed by atoms with Gasteiger partial charge < -0.3 is 5.32 Å². The maximum atomic E-state index is 11.9. The molecule has 0 bridgehead atoms. The van der Waals surface area contributed by atoms with Crippen LogP contribution in [0.5, 0.6) is 0 Å². The molecule has 0 aromatic heterocycles. The summed E-state index contributed by atoms with van der Waals surface area (Å²) in [5.74, 6) is -0.137. The van der Waals surface area contributed by atoms with E-state index in [0.717, 1.165) is 17.7 Å². The Morgan fingerprint density at radius 1 is 1.56 bits per heavy atom. The van der Waals surface area contributed by atoms with Crippen molar-refractivity contribution in [2.24, 2.45) is 0 Å². The zero-order valence-electron chi connectivity index (χ0n) is 9.46. The number of halogens is 1. The van der Waals surface area contributed by atoms with Crippen LogP contribution in [-0.2, 0) is 0 Å². The molecule has 1 rings (SSSR count). The maximum Gasteiger partial charge on any atom is 0.253 e. The molecule has 0 spiro atoms. The van der Waals surface area contributed by atoms with Crippen molar-refractivity contribution in [3.05, 3.63) is 28.8 Å². The summed E-state index contributed by atoms with van der Waals surface area (Å²) in [5.41, 5.74) is 0.483. The van der Waals surface area contributed by atoms with Gasteiger partial charge in [0.15, 0.2) is 0 Å². The fourth-order valence-electron chi connectivity index (χ4n) is 1.49. The van der Waals surface area contributed by atoms with Gasteiger partial charge in [0.1, 0.15) is 0 Å². The third kappa shape index (κ3) is 3.72. The Kier molecular flexibility index (Phi) is 5.16. The first-order valence-corrected chi connectivity index (χ1v) is 6.16. The van der Waals surface area contributed by atoms with Crippen LogP contribution in [0.15, 0.2) is 23.1 Å². The van der Waals surface area contributed by atoms with Gasteiger partial charge in [-0.05, 0) is 31.5 Å². The average Bonchev–Trinajstić information content (AvgIpc) is 2.21. The number of nitrogens with one attached hydrogen (secondary N) is 1. The topological polar surface area (TPSA) is 29.1 Å². The Morgan fingerprint density at radius 2 is 2.25 bits per heavy atom. The first-order chi connectivity index (χ1) is 7.54. The number of hydrogen-bond acceptors (Lipinski definition) is 2. The smallest absolute Gasteiger partial charge is 0.253 e. The summed E-state index contributed by atoms with van der Waals surface area (Å²) in [4.78, 5) is 12.6. The second kappa shape index (κ2) is 6.16. The van der Waals surface area contributed by atoms with Gasteiger partial charge in [-0.15, -0.1) is 12.6 Å². The van der Waals surface area contributed by atoms with E-state index in [9.17, 15) is 4.79 Å². The second-order valence-corrected chi connectivity index (χ2v) is 4.75. The summed E-state index contributed by atoms with van der Waals surface area (Å²) < 4.78 is 0. The van der Waals surface area contributed by atoms with Gasteiger partial charge in [0.2, 0.25) is 0 Å². The van der Waals surface area contributed by atoms with Crippen LogP contribution in [0, 0.1) is 0 Å². The van der Waals surface area contributed by atoms with Crippen molar-refractivity contribution < 1.29 is 4.79 Å². The number of carbonyl (C=O) groups excluding carboxylic acids is 1. The summed E-state index contributed by atoms with van der Waals surface area (Å²) in [6.45, 7) is 4.07. The van der Waals surface area contributed by atoms with Gasteiger partial charge in [0.05, 0.1) is 10.6 Å². The van der Waals surface area contributed by atoms with Gasteiger partial charge in [0.25, 0.3) is 5.91 Å². The van der Waals surface area contributed by atoms with E-state index < -0.39 is 0 Å². The van der Waals surface area contributed by atoms with Crippen molar-refractivity contribution in [3.8, 4) is 0 Å². The van der Waals surface area contributed by atoms with Crippen LogP contribution in [0.2, 0.25) is 5.02 Å². The zero-order chi connectivity index (χ0) is 12.1. The van der Waals surface area contributed by atoms with E-state index in [1.807, 2.05) is 6.92 Å². The Morgan fingerprint density at radius 3 is 2.88 bits per heavy atom. The fourth-order valence-corrected chi connectivity index (χ4v) is 1.90. The molecule has 0 radical (unpaired) electrons. The number of thiol groups is 1. The molecule has 1 N–H and O–H groups in total. The number of carbonyl (C=O) groups is 1. The van der Waals surface area contributed by atoms with Gasteiger partial charge in [-0.3, -0.25) is 4.79 Å². The molecule has 1 unspecified atom stereocenters. The van der Waals surface area contributed by atoms with Crippen molar-refractivity contribution in [2.45, 2.75) is 37.6 Å². The Labute approximate surface area is 107 Å². The molecule has 0 aliphatic carbocycles. The summed E-state index contributed by atoms with van der Waals surface area (Å²) in [5, 5.41) is 3.37. The molecular weight excluding hydrogens is 242 g/mol. The van der Waals surface area contributed by atoms with Crippen molar-refractivity contribution in [2.75, 3.05) is 0 Å². The molecule has 0 heterocycles. The molecule has 1 aromatic carbocycles. The van der Waals surface area contributed by atoms with Gasteiger partial charge in [-0.2, -0.15) is 0 Å². The highest BCUT2D eigenvalue weighted by Gasteiger charge is 2.12. The van der Waals surface area contributed by atoms with Gasteiger partial charge in [-0.1, -0.05) is 24.9 Å². The van der Waals surface area contributed by atoms with Crippen LogP contribution >= 0.6 is 24.2 Å². The molecular formula is C12H16ClNOS. The number of amides is 1. The average molecular weight is 258 g/mol. The molecule has 1 amide bonds. The maximum absolute atomic E-state index is 11.9. The Bertz CT molecular complexity index is 381. The van der Waals surface area contributed by atoms with Gasteiger partial charge in [0, 0.05) is 10.9 Å². The predicted molar refractivity (Wildman–Crippen MR) is 70.5 cm³/mol. The lowest BCUT2D eigenvalue weighted by Gasteiger charge is -2.13. The van der Waals surface area contributed by atoms with Crippen LogP contribution in [0.25, 0.3) is 0 Å².